The van der Waals surface area contributed by atoms with E-state index < -0.39 is 8.07 Å². The number of methoxy groups -OCH3 is 1. The van der Waals surface area contributed by atoms with E-state index in [9.17, 15) is 0 Å². The first-order chi connectivity index (χ1) is 12.6. The highest BCUT2D eigenvalue weighted by atomic mass is 28.3. The van der Waals surface area contributed by atoms with E-state index in [1.807, 2.05) is 7.11 Å². The van der Waals surface area contributed by atoms with Crippen LogP contribution in [0.25, 0.3) is 0 Å². The Morgan fingerprint density at radius 3 is 1.48 bits per heavy atom. The number of hydrogen-bond donors (Lipinski definition) is 0. The lowest BCUT2D eigenvalue weighted by atomic mass is 10.0. The smallest absolute Gasteiger partial charge is 0.115 e. The molecule has 1 nitrogen and oxygen atoms in total. The number of rotatable bonds is 8. The fraction of sp³-hybridized carbons (Fsp3) is 0.680. The third-order valence-electron chi connectivity index (χ3n) is 7.95. The van der Waals surface area contributed by atoms with Crippen LogP contribution >= 0.6 is 0 Å². The molecule has 2 aliphatic rings. The van der Waals surface area contributed by atoms with Gasteiger partial charge in [0.1, 0.15) is 8.07 Å². The van der Waals surface area contributed by atoms with Crippen LogP contribution in [0.3, 0.4) is 0 Å². The van der Waals surface area contributed by atoms with Gasteiger partial charge in [0.15, 0.2) is 0 Å². The van der Waals surface area contributed by atoms with Crippen LogP contribution in [0, 0.1) is 11.8 Å². The van der Waals surface area contributed by atoms with Crippen molar-refractivity contribution in [3.8, 4) is 0 Å². The standard InChI is InChI=1S/C25H42OSi/c1-16-17(2)21(6)24(20(16)5)27(10,15-13-11-12-14-26-9)25-22(7)18(3)19(4)23(25)8/h16,18H,11-15H2,1-10H3. The lowest BCUT2D eigenvalue weighted by Gasteiger charge is -2.35. The molecule has 0 spiro atoms. The summed E-state index contributed by atoms with van der Waals surface area (Å²) in [6, 6.07) is 1.37. The van der Waals surface area contributed by atoms with Crippen molar-refractivity contribution in [2.45, 2.75) is 87.2 Å². The molecule has 0 heterocycles. The summed E-state index contributed by atoms with van der Waals surface area (Å²) in [5.41, 5.74) is 9.72. The summed E-state index contributed by atoms with van der Waals surface area (Å²) in [4.78, 5) is 0. The lowest BCUT2D eigenvalue weighted by molar-refractivity contribution is 0.192. The molecule has 2 heteroatoms. The minimum Gasteiger partial charge on any atom is -0.385 e. The third kappa shape index (κ3) is 3.85. The minimum absolute atomic E-state index is 0.616. The van der Waals surface area contributed by atoms with Crippen LogP contribution in [0.1, 0.15) is 74.7 Å². The molecule has 0 aromatic heterocycles. The van der Waals surface area contributed by atoms with Crippen LogP contribution in [0.2, 0.25) is 12.6 Å². The van der Waals surface area contributed by atoms with Crippen molar-refractivity contribution in [2.75, 3.05) is 13.7 Å². The first-order valence-electron chi connectivity index (χ1n) is 10.9. The van der Waals surface area contributed by atoms with E-state index in [0.29, 0.717) is 11.8 Å². The average Bonchev–Trinajstić information content (AvgIpc) is 2.95. The molecule has 0 aromatic carbocycles. The molecule has 0 amide bonds. The van der Waals surface area contributed by atoms with Crippen molar-refractivity contribution >= 4 is 8.07 Å². The summed E-state index contributed by atoms with van der Waals surface area (Å²) in [6.07, 6.45) is 3.79. The first-order valence-corrected chi connectivity index (χ1v) is 13.6. The molecule has 0 fully saturated rings. The maximum atomic E-state index is 5.28. The molecular formula is C25H42OSi. The van der Waals surface area contributed by atoms with Gasteiger partial charge in [0.2, 0.25) is 0 Å². The van der Waals surface area contributed by atoms with Crippen LogP contribution < -0.4 is 0 Å². The van der Waals surface area contributed by atoms with Gasteiger partial charge in [0.05, 0.1) is 0 Å². The van der Waals surface area contributed by atoms with E-state index in [1.54, 1.807) is 43.8 Å². The molecule has 2 unspecified atom stereocenters. The molecule has 0 N–H and O–H groups in total. The predicted octanol–water partition coefficient (Wildman–Crippen LogP) is 7.57. The zero-order valence-electron chi connectivity index (χ0n) is 19.6. The van der Waals surface area contributed by atoms with Gasteiger partial charge in [-0.15, -0.1) is 0 Å². The predicted molar refractivity (Wildman–Crippen MR) is 123 cm³/mol. The summed E-state index contributed by atoms with van der Waals surface area (Å²) in [6.45, 7) is 22.7. The fourth-order valence-electron chi connectivity index (χ4n) is 5.69. The van der Waals surface area contributed by atoms with Gasteiger partial charge in [-0.2, -0.15) is 0 Å². The third-order valence-corrected chi connectivity index (χ3v) is 13.0. The molecular weight excluding hydrogens is 344 g/mol. The summed E-state index contributed by atoms with van der Waals surface area (Å²) in [7, 11) is 0.0541. The Kier molecular flexibility index (Phi) is 7.19. The highest BCUT2D eigenvalue weighted by Crippen LogP contribution is 2.50. The quantitative estimate of drug-likeness (QED) is 0.309. The number of allylic oxidation sites excluding steroid dienone is 8. The van der Waals surface area contributed by atoms with Crippen molar-refractivity contribution in [2.24, 2.45) is 11.8 Å². The monoisotopic (exact) mass is 386 g/mol. The number of ether oxygens (including phenoxy) is 1. The highest BCUT2D eigenvalue weighted by molar-refractivity contribution is 6.93. The van der Waals surface area contributed by atoms with Crippen molar-refractivity contribution in [1.82, 2.24) is 0 Å². The van der Waals surface area contributed by atoms with Crippen LogP contribution in [0.5, 0.6) is 0 Å². The van der Waals surface area contributed by atoms with Crippen LogP contribution in [-0.2, 0) is 4.74 Å². The van der Waals surface area contributed by atoms with Crippen LogP contribution in [-0.4, -0.2) is 21.8 Å². The molecule has 0 saturated heterocycles. The number of hydrogen-bond acceptors (Lipinski definition) is 1. The topological polar surface area (TPSA) is 9.23 Å². The summed E-state index contributed by atoms with van der Waals surface area (Å²) >= 11 is 0. The molecule has 0 saturated carbocycles. The molecule has 0 aromatic rings. The van der Waals surface area contributed by atoms with Crippen LogP contribution in [0.15, 0.2) is 43.8 Å². The van der Waals surface area contributed by atoms with Crippen molar-refractivity contribution in [3.05, 3.63) is 43.8 Å². The lowest BCUT2D eigenvalue weighted by Crippen LogP contribution is -2.38. The van der Waals surface area contributed by atoms with Crippen molar-refractivity contribution in [1.29, 1.82) is 0 Å². The Balaban J connectivity index is 2.52. The van der Waals surface area contributed by atoms with E-state index in [-0.39, 0.29) is 0 Å². The molecule has 152 valence electrons. The minimum atomic E-state index is -1.76. The Morgan fingerprint density at radius 2 is 1.15 bits per heavy atom. The Labute approximate surface area is 169 Å². The van der Waals surface area contributed by atoms with Gasteiger partial charge < -0.3 is 4.74 Å². The van der Waals surface area contributed by atoms with Gasteiger partial charge in [-0.1, -0.05) is 77.1 Å². The van der Waals surface area contributed by atoms with Crippen LogP contribution in [0.4, 0.5) is 0 Å². The normalized spacial score (nSPS) is 26.0. The van der Waals surface area contributed by atoms with E-state index in [2.05, 4.69) is 61.9 Å². The largest absolute Gasteiger partial charge is 0.385 e. The van der Waals surface area contributed by atoms with E-state index in [4.69, 9.17) is 4.74 Å². The summed E-state index contributed by atoms with van der Waals surface area (Å²) in [5, 5.41) is 3.55. The van der Waals surface area contributed by atoms with Gasteiger partial charge in [-0.25, -0.2) is 0 Å². The summed E-state index contributed by atoms with van der Waals surface area (Å²) < 4.78 is 5.28. The molecule has 2 atom stereocenters. The zero-order valence-corrected chi connectivity index (χ0v) is 20.6. The zero-order chi connectivity index (χ0) is 20.5. The average molecular weight is 387 g/mol. The Hall–Kier alpha value is -0.863. The molecule has 2 rings (SSSR count). The van der Waals surface area contributed by atoms with Crippen molar-refractivity contribution in [3.63, 3.8) is 0 Å². The highest BCUT2D eigenvalue weighted by Gasteiger charge is 2.44. The van der Waals surface area contributed by atoms with Gasteiger partial charge in [0.25, 0.3) is 0 Å². The second kappa shape index (κ2) is 8.65. The first kappa shape index (κ1) is 22.4. The Bertz CT molecular complexity index is 665. The van der Waals surface area contributed by atoms with Gasteiger partial charge >= 0.3 is 0 Å². The maximum absolute atomic E-state index is 5.28. The fourth-order valence-corrected chi connectivity index (χ4v) is 11.6. The Morgan fingerprint density at radius 1 is 0.704 bits per heavy atom. The molecule has 0 radical (unpaired) electrons. The van der Waals surface area contributed by atoms with E-state index in [0.717, 1.165) is 6.61 Å². The maximum Gasteiger partial charge on any atom is 0.115 e. The summed E-state index contributed by atoms with van der Waals surface area (Å²) in [5.74, 6) is 1.23. The molecule has 0 aliphatic heterocycles. The van der Waals surface area contributed by atoms with Gasteiger partial charge in [-0.05, 0) is 65.8 Å². The molecule has 0 bridgehead atoms. The van der Waals surface area contributed by atoms with E-state index in [1.165, 1.54) is 25.3 Å². The van der Waals surface area contributed by atoms with Gasteiger partial charge in [0, 0.05) is 13.7 Å². The molecule has 27 heavy (non-hydrogen) atoms. The molecule has 2 aliphatic carbocycles. The SMILES string of the molecule is COCCCCC[Si](C)(C1=C(C)C(C)C(C)=C1C)C1=C(C)C(C)C(C)=C1C. The number of unbranched alkanes of at least 4 members (excludes halogenated alkanes) is 2. The van der Waals surface area contributed by atoms with Crippen molar-refractivity contribution < 1.29 is 4.74 Å². The second-order valence-corrected chi connectivity index (χ2v) is 13.5. The van der Waals surface area contributed by atoms with Gasteiger partial charge in [-0.3, -0.25) is 0 Å². The van der Waals surface area contributed by atoms with E-state index >= 15 is 0 Å². The second-order valence-electron chi connectivity index (χ2n) is 9.31.